The summed E-state index contributed by atoms with van der Waals surface area (Å²) in [5.74, 6) is -2.83. The molecule has 1 heterocycles. The van der Waals surface area contributed by atoms with Gasteiger partial charge in [0.1, 0.15) is 12.1 Å². The van der Waals surface area contributed by atoms with E-state index in [9.17, 15) is 22.8 Å². The number of rotatable bonds is 4. The molecular weight excluding hydrogens is 325 g/mol. The molecule has 6 nitrogen and oxygen atoms in total. The first kappa shape index (κ1) is 18.2. The fourth-order valence-electron chi connectivity index (χ4n) is 3.11. The minimum absolute atomic E-state index is 0.0772. The predicted octanol–water partition coefficient (Wildman–Crippen LogP) is 2.11. The van der Waals surface area contributed by atoms with Gasteiger partial charge in [-0.15, -0.1) is 0 Å². The number of carbonyl (C=O) groups is 2. The second-order valence-electron chi connectivity index (χ2n) is 6.12. The Morgan fingerprint density at radius 3 is 2.58 bits per heavy atom. The first-order valence-corrected chi connectivity index (χ1v) is 7.95. The molecule has 2 rings (SSSR count). The molecule has 1 aliphatic carbocycles. The van der Waals surface area contributed by atoms with Crippen molar-refractivity contribution in [2.75, 3.05) is 0 Å². The highest BCUT2D eigenvalue weighted by molar-refractivity contribution is 5.91. The third-order valence-electron chi connectivity index (χ3n) is 4.36. The highest BCUT2D eigenvalue weighted by Gasteiger charge is 2.43. The Balaban J connectivity index is 2.11. The van der Waals surface area contributed by atoms with E-state index >= 15 is 0 Å². The summed E-state index contributed by atoms with van der Waals surface area (Å²) < 4.78 is 37.7. The van der Waals surface area contributed by atoms with Gasteiger partial charge >= 0.3 is 12.1 Å². The number of hydrazone groups is 1. The van der Waals surface area contributed by atoms with E-state index in [-0.39, 0.29) is 18.8 Å². The molecule has 0 spiro atoms. The summed E-state index contributed by atoms with van der Waals surface area (Å²) in [7, 11) is 0. The molecule has 0 saturated heterocycles. The van der Waals surface area contributed by atoms with Crippen molar-refractivity contribution in [2.45, 2.75) is 63.2 Å². The smallest absolute Gasteiger partial charge is 0.336 e. The molecule has 2 aliphatic rings. The zero-order valence-corrected chi connectivity index (χ0v) is 13.1. The molecule has 0 radical (unpaired) electrons. The van der Waals surface area contributed by atoms with Gasteiger partial charge in [0.2, 0.25) is 0 Å². The topological polar surface area (TPSA) is 85.6 Å². The second kappa shape index (κ2) is 7.64. The maximum atomic E-state index is 12.6. The lowest BCUT2D eigenvalue weighted by atomic mass is 9.84. The van der Waals surface area contributed by atoms with Gasteiger partial charge in [-0.25, -0.2) is 5.01 Å². The quantitative estimate of drug-likeness (QED) is 0.847. The van der Waals surface area contributed by atoms with E-state index in [1.54, 1.807) is 5.32 Å². The average Bonchev–Trinajstić information content (AvgIpc) is 3.02. The minimum atomic E-state index is -5.06. The van der Waals surface area contributed by atoms with Gasteiger partial charge in [0, 0.05) is 12.6 Å². The molecular formula is C15H19F3N4O2. The fourth-order valence-corrected chi connectivity index (χ4v) is 3.11. The molecule has 1 saturated carbocycles. The number of nitriles is 1. The summed E-state index contributed by atoms with van der Waals surface area (Å²) in [6.45, 7) is 0. The van der Waals surface area contributed by atoms with Crippen molar-refractivity contribution in [3.8, 4) is 6.07 Å². The zero-order valence-electron chi connectivity index (χ0n) is 13.1. The van der Waals surface area contributed by atoms with Crippen LogP contribution >= 0.6 is 0 Å². The Morgan fingerprint density at radius 1 is 1.33 bits per heavy atom. The van der Waals surface area contributed by atoms with Gasteiger partial charge in [-0.05, 0) is 12.3 Å². The molecule has 2 amide bonds. The van der Waals surface area contributed by atoms with Crippen molar-refractivity contribution < 1.29 is 22.8 Å². The molecule has 1 N–H and O–H groups in total. The summed E-state index contributed by atoms with van der Waals surface area (Å²) >= 11 is 0. The number of nitrogens with zero attached hydrogens (tertiary/aromatic N) is 3. The molecule has 0 aromatic heterocycles. The summed E-state index contributed by atoms with van der Waals surface area (Å²) in [6, 6.07) is -0.282. The normalized spacial score (nSPS) is 22.9. The van der Waals surface area contributed by atoms with Crippen LogP contribution in [-0.4, -0.2) is 41.3 Å². The van der Waals surface area contributed by atoms with Crippen molar-refractivity contribution in [1.82, 2.24) is 10.3 Å². The number of carbonyl (C=O) groups excluding carboxylic acids is 2. The summed E-state index contributed by atoms with van der Waals surface area (Å²) in [4.78, 5) is 23.8. The van der Waals surface area contributed by atoms with Gasteiger partial charge < -0.3 is 5.32 Å². The van der Waals surface area contributed by atoms with Crippen molar-refractivity contribution >= 4 is 18.0 Å². The zero-order chi connectivity index (χ0) is 17.7. The molecule has 0 aromatic carbocycles. The van der Waals surface area contributed by atoms with E-state index in [0.29, 0.717) is 0 Å². The van der Waals surface area contributed by atoms with Crippen LogP contribution in [0.3, 0.4) is 0 Å². The van der Waals surface area contributed by atoms with Crippen molar-refractivity contribution in [1.29, 1.82) is 5.26 Å². The number of nitrogens with one attached hydrogen (secondary N) is 1. The molecule has 1 unspecified atom stereocenters. The highest BCUT2D eigenvalue weighted by atomic mass is 19.4. The lowest BCUT2D eigenvalue weighted by Gasteiger charge is -2.29. The Morgan fingerprint density at radius 2 is 2.00 bits per heavy atom. The molecule has 1 fully saturated rings. The van der Waals surface area contributed by atoms with E-state index in [4.69, 9.17) is 5.26 Å². The van der Waals surface area contributed by atoms with Gasteiger partial charge in [-0.3, -0.25) is 9.59 Å². The molecule has 132 valence electrons. The van der Waals surface area contributed by atoms with Crippen LogP contribution in [0.15, 0.2) is 5.10 Å². The molecule has 1 aliphatic heterocycles. The van der Waals surface area contributed by atoms with Crippen LogP contribution in [0.5, 0.6) is 0 Å². The maximum Gasteiger partial charge on any atom is 0.471 e. The van der Waals surface area contributed by atoms with E-state index in [1.807, 2.05) is 6.07 Å². The van der Waals surface area contributed by atoms with Crippen molar-refractivity contribution in [3.63, 3.8) is 0 Å². The molecule has 24 heavy (non-hydrogen) atoms. The molecule has 0 aromatic rings. The third-order valence-corrected chi connectivity index (χ3v) is 4.36. The van der Waals surface area contributed by atoms with Crippen LogP contribution in [0.1, 0.15) is 44.9 Å². The monoisotopic (exact) mass is 344 g/mol. The fraction of sp³-hybridized carbons (Fsp3) is 0.733. The van der Waals surface area contributed by atoms with Gasteiger partial charge in [0.15, 0.2) is 0 Å². The lowest BCUT2D eigenvalue weighted by molar-refractivity contribution is -0.175. The number of alkyl halides is 3. The van der Waals surface area contributed by atoms with E-state index < -0.39 is 30.1 Å². The molecule has 2 atom stereocenters. The van der Waals surface area contributed by atoms with Crippen LogP contribution in [0.2, 0.25) is 0 Å². The van der Waals surface area contributed by atoms with Crippen molar-refractivity contribution in [3.05, 3.63) is 0 Å². The van der Waals surface area contributed by atoms with E-state index in [2.05, 4.69) is 5.10 Å². The minimum Gasteiger partial charge on any atom is -0.336 e. The SMILES string of the molecule is N#CC1CC=NN1C(=O)[C@H](CC1CCCCC1)NC(=O)C(F)(F)F. The molecule has 9 heteroatoms. The average molecular weight is 344 g/mol. The number of halogens is 3. The van der Waals surface area contributed by atoms with Crippen LogP contribution in [0, 0.1) is 17.2 Å². The van der Waals surface area contributed by atoms with Crippen LogP contribution in [0.4, 0.5) is 13.2 Å². The van der Waals surface area contributed by atoms with Gasteiger partial charge in [0.25, 0.3) is 5.91 Å². The largest absolute Gasteiger partial charge is 0.471 e. The van der Waals surface area contributed by atoms with Crippen LogP contribution in [0.25, 0.3) is 0 Å². The summed E-state index contributed by atoms with van der Waals surface area (Å²) in [5, 5.41) is 15.4. The van der Waals surface area contributed by atoms with E-state index in [1.165, 1.54) is 6.21 Å². The number of hydrogen-bond donors (Lipinski definition) is 1. The lowest BCUT2D eigenvalue weighted by Crippen LogP contribution is -2.52. The number of hydrogen-bond acceptors (Lipinski definition) is 4. The summed E-state index contributed by atoms with van der Waals surface area (Å²) in [6.07, 6.45) is 1.28. The highest BCUT2D eigenvalue weighted by Crippen LogP contribution is 2.28. The number of amides is 2. The molecule has 0 bridgehead atoms. The van der Waals surface area contributed by atoms with Gasteiger partial charge in [0.05, 0.1) is 6.07 Å². The standard InChI is InChI=1S/C15H19F3N4O2/c16-15(17,18)14(24)21-12(8-10-4-2-1-3-5-10)13(23)22-11(9-19)6-7-20-22/h7,10-12H,1-6,8H2,(H,21,24)/t11?,12-/m0/s1. The Hall–Kier alpha value is -2.11. The Labute approximate surface area is 137 Å². The Kier molecular flexibility index (Phi) is 5.80. The Bertz CT molecular complexity index is 550. The van der Waals surface area contributed by atoms with Crippen LogP contribution < -0.4 is 5.32 Å². The van der Waals surface area contributed by atoms with Gasteiger partial charge in [-0.2, -0.15) is 23.5 Å². The second-order valence-corrected chi connectivity index (χ2v) is 6.12. The van der Waals surface area contributed by atoms with Crippen molar-refractivity contribution in [2.24, 2.45) is 11.0 Å². The first-order valence-electron chi connectivity index (χ1n) is 7.95. The maximum absolute atomic E-state index is 12.6. The van der Waals surface area contributed by atoms with E-state index in [0.717, 1.165) is 37.1 Å². The predicted molar refractivity (Wildman–Crippen MR) is 78.5 cm³/mol. The van der Waals surface area contributed by atoms with Gasteiger partial charge in [-0.1, -0.05) is 32.1 Å². The third kappa shape index (κ3) is 4.46. The van der Waals surface area contributed by atoms with Crippen LogP contribution in [-0.2, 0) is 9.59 Å². The summed E-state index contributed by atoms with van der Waals surface area (Å²) in [5.41, 5.74) is 0. The first-order chi connectivity index (χ1) is 11.3.